The molecule has 2 aromatic rings. The van der Waals surface area contributed by atoms with Gasteiger partial charge in [-0.1, -0.05) is 30.3 Å². The lowest BCUT2D eigenvalue weighted by atomic mass is 9.88. The molecule has 128 valence electrons. The molecule has 24 heavy (non-hydrogen) atoms. The second-order valence-corrected chi connectivity index (χ2v) is 6.38. The van der Waals surface area contributed by atoms with E-state index in [1.165, 1.54) is 12.1 Å². The summed E-state index contributed by atoms with van der Waals surface area (Å²) >= 11 is 0. The Labute approximate surface area is 142 Å². The van der Waals surface area contributed by atoms with Crippen LogP contribution in [-0.2, 0) is 11.3 Å². The van der Waals surface area contributed by atoms with E-state index in [0.29, 0.717) is 25.4 Å². The highest BCUT2D eigenvalue weighted by atomic mass is 19.1. The van der Waals surface area contributed by atoms with Crippen LogP contribution in [0.3, 0.4) is 0 Å². The van der Waals surface area contributed by atoms with Crippen LogP contribution in [0.1, 0.15) is 37.0 Å². The van der Waals surface area contributed by atoms with Gasteiger partial charge in [-0.25, -0.2) is 4.39 Å². The van der Waals surface area contributed by atoms with Crippen LogP contribution in [0.25, 0.3) is 0 Å². The number of ether oxygens (including phenoxy) is 2. The third-order valence-corrected chi connectivity index (χ3v) is 4.52. The fraction of sp³-hybridized carbons (Fsp3) is 0.400. The zero-order valence-corrected chi connectivity index (χ0v) is 13.8. The minimum Gasteiger partial charge on any atom is -0.489 e. The molecular weight excluding hydrogens is 307 g/mol. The van der Waals surface area contributed by atoms with Gasteiger partial charge in [0.25, 0.3) is 0 Å². The van der Waals surface area contributed by atoms with Crippen molar-refractivity contribution >= 4 is 0 Å². The second kappa shape index (κ2) is 7.77. The van der Waals surface area contributed by atoms with Crippen LogP contribution in [0.15, 0.2) is 48.5 Å². The predicted octanol–water partition coefficient (Wildman–Crippen LogP) is 4.25. The molecule has 1 heterocycles. The van der Waals surface area contributed by atoms with Gasteiger partial charge in [-0.2, -0.15) is 0 Å². The van der Waals surface area contributed by atoms with E-state index < -0.39 is 0 Å². The van der Waals surface area contributed by atoms with Crippen molar-refractivity contribution in [3.8, 4) is 5.75 Å². The molecule has 1 saturated heterocycles. The van der Waals surface area contributed by atoms with E-state index >= 15 is 0 Å². The molecule has 0 radical (unpaired) electrons. The first-order valence-electron chi connectivity index (χ1n) is 8.38. The first-order chi connectivity index (χ1) is 11.6. The number of hydrogen-bond acceptors (Lipinski definition) is 3. The van der Waals surface area contributed by atoms with Crippen LogP contribution in [0, 0.1) is 11.7 Å². The number of hydrogen-bond donors (Lipinski definition) is 1. The van der Waals surface area contributed by atoms with Crippen LogP contribution in [0.4, 0.5) is 4.39 Å². The van der Waals surface area contributed by atoms with Crippen LogP contribution >= 0.6 is 0 Å². The highest BCUT2D eigenvalue weighted by Crippen LogP contribution is 2.35. The Morgan fingerprint density at radius 2 is 2.04 bits per heavy atom. The molecule has 0 bridgehead atoms. The van der Waals surface area contributed by atoms with E-state index in [4.69, 9.17) is 9.47 Å². The summed E-state index contributed by atoms with van der Waals surface area (Å²) in [5.74, 6) is 0.343. The number of rotatable bonds is 5. The Morgan fingerprint density at radius 1 is 1.25 bits per heavy atom. The summed E-state index contributed by atoms with van der Waals surface area (Å²) in [5, 5.41) is 9.81. The standard InChI is InChI=1S/C20H23FO3/c1-14(22)16-7-8-23-20(11-16)17-9-18(21)12-19(10-17)24-13-15-5-3-2-4-6-15/h2-6,9-10,12,14,16,20,22H,7-8,11,13H2,1H3. The monoisotopic (exact) mass is 330 g/mol. The lowest BCUT2D eigenvalue weighted by Crippen LogP contribution is -2.27. The van der Waals surface area contributed by atoms with Gasteiger partial charge in [-0.15, -0.1) is 0 Å². The molecule has 3 nitrogen and oxygen atoms in total. The molecule has 3 rings (SSSR count). The topological polar surface area (TPSA) is 38.7 Å². The molecule has 3 unspecified atom stereocenters. The summed E-state index contributed by atoms with van der Waals surface area (Å²) < 4.78 is 25.5. The number of benzene rings is 2. The maximum atomic E-state index is 14.0. The Balaban J connectivity index is 1.71. The van der Waals surface area contributed by atoms with Crippen molar-refractivity contribution in [2.45, 2.75) is 38.6 Å². The van der Waals surface area contributed by atoms with Crippen LogP contribution in [0.2, 0.25) is 0 Å². The molecule has 0 aromatic heterocycles. The van der Waals surface area contributed by atoms with Crippen molar-refractivity contribution in [3.63, 3.8) is 0 Å². The summed E-state index contributed by atoms with van der Waals surface area (Å²) in [6.07, 6.45) is 0.951. The Hall–Kier alpha value is -1.91. The van der Waals surface area contributed by atoms with E-state index in [2.05, 4.69) is 0 Å². The summed E-state index contributed by atoms with van der Waals surface area (Å²) in [5.41, 5.74) is 1.80. The van der Waals surface area contributed by atoms with E-state index in [1.807, 2.05) is 36.4 Å². The molecule has 1 aliphatic rings. The molecular formula is C20H23FO3. The van der Waals surface area contributed by atoms with Crippen molar-refractivity contribution in [2.24, 2.45) is 5.92 Å². The average Bonchev–Trinajstić information content (AvgIpc) is 2.60. The van der Waals surface area contributed by atoms with Crippen LogP contribution in [0.5, 0.6) is 5.75 Å². The fourth-order valence-corrected chi connectivity index (χ4v) is 3.09. The molecule has 0 aliphatic carbocycles. The van der Waals surface area contributed by atoms with Crippen molar-refractivity contribution < 1.29 is 19.0 Å². The molecule has 1 fully saturated rings. The van der Waals surface area contributed by atoms with E-state index in [-0.39, 0.29) is 23.9 Å². The van der Waals surface area contributed by atoms with Gasteiger partial charge in [-0.05, 0) is 48.9 Å². The number of aliphatic hydroxyl groups is 1. The molecule has 3 atom stereocenters. The molecule has 1 N–H and O–H groups in total. The van der Waals surface area contributed by atoms with Gasteiger partial charge in [0, 0.05) is 12.7 Å². The third-order valence-electron chi connectivity index (χ3n) is 4.52. The lowest BCUT2D eigenvalue weighted by molar-refractivity contribution is -0.0411. The normalized spacial score (nSPS) is 22.1. The predicted molar refractivity (Wildman–Crippen MR) is 90.3 cm³/mol. The van der Waals surface area contributed by atoms with Gasteiger partial charge in [0.2, 0.25) is 0 Å². The van der Waals surface area contributed by atoms with Crippen molar-refractivity contribution in [2.75, 3.05) is 6.61 Å². The maximum absolute atomic E-state index is 14.0. The van der Waals surface area contributed by atoms with E-state index in [1.54, 1.807) is 6.92 Å². The molecule has 4 heteroatoms. The first-order valence-corrected chi connectivity index (χ1v) is 8.38. The summed E-state index contributed by atoms with van der Waals surface area (Å²) in [7, 11) is 0. The largest absolute Gasteiger partial charge is 0.489 e. The molecule has 1 aliphatic heterocycles. The van der Waals surface area contributed by atoms with Gasteiger partial charge < -0.3 is 14.6 Å². The Morgan fingerprint density at radius 3 is 2.79 bits per heavy atom. The van der Waals surface area contributed by atoms with Crippen LogP contribution in [-0.4, -0.2) is 17.8 Å². The number of aliphatic hydroxyl groups excluding tert-OH is 1. The zero-order valence-electron chi connectivity index (χ0n) is 13.8. The SMILES string of the molecule is CC(O)C1CCOC(c2cc(F)cc(OCc3ccccc3)c2)C1. The van der Waals surface area contributed by atoms with Crippen molar-refractivity contribution in [1.29, 1.82) is 0 Å². The first kappa shape index (κ1) is 16.9. The van der Waals surface area contributed by atoms with E-state index in [0.717, 1.165) is 17.5 Å². The Bertz CT molecular complexity index is 657. The van der Waals surface area contributed by atoms with Gasteiger partial charge in [0.1, 0.15) is 18.2 Å². The van der Waals surface area contributed by atoms with Crippen molar-refractivity contribution in [3.05, 3.63) is 65.5 Å². The highest BCUT2D eigenvalue weighted by molar-refractivity contribution is 5.31. The minimum absolute atomic E-state index is 0.181. The quantitative estimate of drug-likeness (QED) is 0.890. The smallest absolute Gasteiger partial charge is 0.127 e. The van der Waals surface area contributed by atoms with E-state index in [9.17, 15) is 9.50 Å². The van der Waals surface area contributed by atoms with Gasteiger partial charge in [0.05, 0.1) is 12.2 Å². The Kier molecular flexibility index (Phi) is 5.48. The molecule has 2 aromatic carbocycles. The van der Waals surface area contributed by atoms with Crippen molar-refractivity contribution in [1.82, 2.24) is 0 Å². The fourth-order valence-electron chi connectivity index (χ4n) is 3.09. The average molecular weight is 330 g/mol. The third kappa shape index (κ3) is 4.34. The highest BCUT2D eigenvalue weighted by Gasteiger charge is 2.27. The molecule has 0 spiro atoms. The van der Waals surface area contributed by atoms with Gasteiger partial charge in [-0.3, -0.25) is 0 Å². The number of halogens is 1. The molecule has 0 saturated carbocycles. The second-order valence-electron chi connectivity index (χ2n) is 6.38. The van der Waals surface area contributed by atoms with Gasteiger partial charge in [0.15, 0.2) is 0 Å². The van der Waals surface area contributed by atoms with Gasteiger partial charge >= 0.3 is 0 Å². The van der Waals surface area contributed by atoms with Crippen LogP contribution < -0.4 is 4.74 Å². The lowest BCUT2D eigenvalue weighted by Gasteiger charge is -2.31. The summed E-state index contributed by atoms with van der Waals surface area (Å²) in [4.78, 5) is 0. The zero-order chi connectivity index (χ0) is 16.9. The molecule has 0 amide bonds. The summed E-state index contributed by atoms with van der Waals surface area (Å²) in [6, 6.07) is 14.5. The minimum atomic E-state index is -0.376. The summed E-state index contributed by atoms with van der Waals surface area (Å²) in [6.45, 7) is 2.77. The maximum Gasteiger partial charge on any atom is 0.127 e.